The predicted octanol–water partition coefficient (Wildman–Crippen LogP) is -0.913. The third kappa shape index (κ3) is 2.96. The Labute approximate surface area is 118 Å². The molecule has 0 aromatic carbocycles. The van der Waals surface area contributed by atoms with E-state index in [4.69, 9.17) is 0 Å². The van der Waals surface area contributed by atoms with Crippen molar-refractivity contribution in [2.45, 2.75) is 13.1 Å². The van der Waals surface area contributed by atoms with Gasteiger partial charge in [0.25, 0.3) is 0 Å². The fourth-order valence-electron chi connectivity index (χ4n) is 1.52. The van der Waals surface area contributed by atoms with Crippen molar-refractivity contribution in [2.75, 3.05) is 0 Å². The molecule has 0 N–H and O–H groups in total. The number of hydrogen-bond acceptors (Lipinski definition) is 6. The van der Waals surface area contributed by atoms with Crippen LogP contribution in [0.15, 0.2) is 25.1 Å². The Morgan fingerprint density at radius 3 is 1.83 bits per heavy atom. The maximum atomic E-state index is 4.01. The van der Waals surface area contributed by atoms with Gasteiger partial charge in [-0.05, 0) is 25.1 Å². The molecule has 9 heteroatoms. The van der Waals surface area contributed by atoms with E-state index in [2.05, 4.69) is 30.4 Å². The van der Waals surface area contributed by atoms with Gasteiger partial charge in [-0.25, -0.2) is 0 Å². The summed E-state index contributed by atoms with van der Waals surface area (Å²) in [7, 11) is 0. The molecule has 0 bridgehead atoms. The van der Waals surface area contributed by atoms with Gasteiger partial charge in [0.05, 0.1) is 0 Å². The first kappa shape index (κ1) is 12.8. The van der Waals surface area contributed by atoms with Gasteiger partial charge in [0.15, 0.2) is 0 Å². The Kier molecular flexibility index (Phi) is 4.11. The van der Waals surface area contributed by atoms with Crippen molar-refractivity contribution >= 4 is 0 Å². The smallest absolute Gasteiger partial charge is 0.504 e. The number of nitrogens with zero attached hydrogens (tertiary/aromatic N) is 8. The topological polar surface area (TPSA) is 86.2 Å². The molecule has 18 heavy (non-hydrogen) atoms. The summed E-state index contributed by atoms with van der Waals surface area (Å²) in [6, 6.07) is 0. The molecule has 0 fully saturated rings. The van der Waals surface area contributed by atoms with E-state index >= 15 is 0 Å². The molecule has 0 aliphatic carbocycles. The summed E-state index contributed by atoms with van der Waals surface area (Å²) in [5.41, 5.74) is 0. The van der Waals surface area contributed by atoms with Crippen LogP contribution in [0.1, 0.15) is 11.6 Å². The molecule has 3 rings (SSSR count). The van der Waals surface area contributed by atoms with Crippen molar-refractivity contribution < 1.29 is 21.7 Å². The SMILES string of the molecule is C1=CN(Cc2nnc[n-]2)[CH-]N1Cc1nnc[n-]1.[Ti+3]. The number of rotatable bonds is 4. The third-order valence-electron chi connectivity index (χ3n) is 2.26. The van der Waals surface area contributed by atoms with Gasteiger partial charge in [0, 0.05) is 24.7 Å². The summed E-state index contributed by atoms with van der Waals surface area (Å²) in [5.74, 6) is 1.39. The van der Waals surface area contributed by atoms with E-state index in [9.17, 15) is 0 Å². The van der Waals surface area contributed by atoms with E-state index in [0.29, 0.717) is 24.7 Å². The maximum Gasteiger partial charge on any atom is 3.00 e. The van der Waals surface area contributed by atoms with Crippen LogP contribution in [0.2, 0.25) is 0 Å². The fourth-order valence-corrected chi connectivity index (χ4v) is 1.52. The normalized spacial score (nSPS) is 14.0. The Morgan fingerprint density at radius 1 is 0.944 bits per heavy atom. The molecule has 1 aliphatic rings. The summed E-state index contributed by atoms with van der Waals surface area (Å²) in [6.07, 6.45) is 6.76. The predicted molar refractivity (Wildman–Crippen MR) is 55.2 cm³/mol. The maximum absolute atomic E-state index is 4.01. The van der Waals surface area contributed by atoms with Gasteiger partial charge < -0.3 is 40.2 Å². The Balaban J connectivity index is 0.00000120. The quantitative estimate of drug-likeness (QED) is 0.524. The van der Waals surface area contributed by atoms with Crippen LogP contribution in [0, 0.1) is 6.67 Å². The van der Waals surface area contributed by atoms with E-state index in [1.165, 1.54) is 12.7 Å². The second-order valence-corrected chi connectivity index (χ2v) is 3.51. The van der Waals surface area contributed by atoms with Crippen LogP contribution in [-0.4, -0.2) is 30.2 Å². The Morgan fingerprint density at radius 2 is 1.44 bits per heavy atom. The average Bonchev–Trinajstić information content (AvgIpc) is 3.02. The van der Waals surface area contributed by atoms with Gasteiger partial charge in [-0.15, -0.1) is 0 Å². The molecule has 3 heterocycles. The van der Waals surface area contributed by atoms with Gasteiger partial charge in [0.1, 0.15) is 0 Å². The molecule has 89 valence electrons. The zero-order chi connectivity index (χ0) is 11.5. The van der Waals surface area contributed by atoms with Gasteiger partial charge >= 0.3 is 21.7 Å². The van der Waals surface area contributed by atoms with Crippen LogP contribution >= 0.6 is 0 Å². The zero-order valence-electron chi connectivity index (χ0n) is 9.38. The van der Waals surface area contributed by atoms with Crippen molar-refractivity contribution in [3.63, 3.8) is 0 Å². The second kappa shape index (κ2) is 5.79. The molecular weight excluding hydrogens is 268 g/mol. The molecular formula is C9H9N8Ti. The van der Waals surface area contributed by atoms with Crippen molar-refractivity contribution in [1.29, 1.82) is 0 Å². The van der Waals surface area contributed by atoms with Gasteiger partial charge in [-0.3, -0.25) is 0 Å². The second-order valence-electron chi connectivity index (χ2n) is 3.51. The van der Waals surface area contributed by atoms with E-state index in [1.807, 2.05) is 28.9 Å². The summed E-state index contributed by atoms with van der Waals surface area (Å²) in [4.78, 5) is 12.0. The van der Waals surface area contributed by atoms with Crippen LogP contribution < -0.4 is 9.97 Å². The fraction of sp³-hybridized carbons (Fsp3) is 0.222. The number of hydrogen-bond donors (Lipinski definition) is 0. The first-order chi connectivity index (χ1) is 8.40. The van der Waals surface area contributed by atoms with Crippen molar-refractivity contribution in [2.24, 2.45) is 0 Å². The molecule has 0 unspecified atom stereocenters. The standard InChI is InChI=1S/C9H9N8.Ti/c1-2-17(4-9-11-6-13-15-9)7-16(1)3-8-10-5-12-14-8;/h1-2,5-7H,3-4H2;/q-3;+3. The molecule has 0 saturated carbocycles. The van der Waals surface area contributed by atoms with E-state index in [1.54, 1.807) is 0 Å². The average molecular weight is 277 g/mol. The minimum Gasteiger partial charge on any atom is -0.504 e. The largest absolute Gasteiger partial charge is 3.00 e. The van der Waals surface area contributed by atoms with Crippen molar-refractivity contribution in [3.05, 3.63) is 43.4 Å². The van der Waals surface area contributed by atoms with Crippen LogP contribution in [-0.2, 0) is 34.8 Å². The summed E-state index contributed by atoms with van der Waals surface area (Å²) in [5, 5.41) is 15.1. The summed E-state index contributed by atoms with van der Waals surface area (Å²) < 4.78 is 0. The first-order valence-corrected chi connectivity index (χ1v) is 5.03. The molecule has 1 radical (unpaired) electrons. The van der Waals surface area contributed by atoms with Crippen LogP contribution in [0.25, 0.3) is 0 Å². The van der Waals surface area contributed by atoms with Crippen LogP contribution in [0.5, 0.6) is 0 Å². The van der Waals surface area contributed by atoms with E-state index in [0.717, 1.165) is 0 Å². The van der Waals surface area contributed by atoms with Gasteiger partial charge in [-0.2, -0.15) is 6.67 Å². The van der Waals surface area contributed by atoms with Crippen LogP contribution in [0.4, 0.5) is 0 Å². The van der Waals surface area contributed by atoms with E-state index in [-0.39, 0.29) is 21.7 Å². The van der Waals surface area contributed by atoms with Gasteiger partial charge in [0.2, 0.25) is 0 Å². The molecule has 2 aromatic heterocycles. The molecule has 2 aromatic rings. The molecule has 0 saturated heterocycles. The zero-order valence-corrected chi connectivity index (χ0v) is 10.9. The summed E-state index contributed by atoms with van der Waals surface area (Å²) >= 11 is 0. The van der Waals surface area contributed by atoms with Crippen molar-refractivity contribution in [1.82, 2.24) is 40.2 Å². The van der Waals surface area contributed by atoms with Crippen molar-refractivity contribution in [3.8, 4) is 0 Å². The molecule has 1 aliphatic heterocycles. The summed E-state index contributed by atoms with van der Waals surface area (Å²) in [6.45, 7) is 3.15. The Hall–Kier alpha value is -1.67. The van der Waals surface area contributed by atoms with Crippen LogP contribution in [0.3, 0.4) is 0 Å². The monoisotopic (exact) mass is 277 g/mol. The molecule has 8 nitrogen and oxygen atoms in total. The van der Waals surface area contributed by atoms with E-state index < -0.39 is 0 Å². The molecule has 0 spiro atoms. The molecule has 0 amide bonds. The minimum atomic E-state index is 0. The minimum absolute atomic E-state index is 0. The molecule has 0 atom stereocenters. The Bertz CT molecular complexity index is 434. The number of aromatic nitrogens is 6. The van der Waals surface area contributed by atoms with Gasteiger partial charge in [-0.1, -0.05) is 0 Å². The first-order valence-electron chi connectivity index (χ1n) is 5.03. The third-order valence-corrected chi connectivity index (χ3v) is 2.26.